The summed E-state index contributed by atoms with van der Waals surface area (Å²) in [4.78, 5) is 25.1. The van der Waals surface area contributed by atoms with Gasteiger partial charge < -0.3 is 15.4 Å². The lowest BCUT2D eigenvalue weighted by Gasteiger charge is -2.44. The van der Waals surface area contributed by atoms with E-state index >= 15 is 0 Å². The number of aryl methyl sites for hydroxylation is 1. The molecule has 0 unspecified atom stereocenters. The lowest BCUT2D eigenvalue weighted by molar-refractivity contribution is -0.230. The Kier molecular flexibility index (Phi) is 7.43. The van der Waals surface area contributed by atoms with Gasteiger partial charge in [-0.25, -0.2) is 0 Å². The highest BCUT2D eigenvalue weighted by Crippen LogP contribution is 2.41. The van der Waals surface area contributed by atoms with E-state index < -0.39 is 0 Å². The van der Waals surface area contributed by atoms with Gasteiger partial charge >= 0.3 is 0 Å². The lowest BCUT2D eigenvalue weighted by Crippen LogP contribution is -2.46. The molecule has 0 radical (unpaired) electrons. The van der Waals surface area contributed by atoms with E-state index in [-0.39, 0.29) is 24.3 Å². The highest BCUT2D eigenvalue weighted by Gasteiger charge is 2.31. The summed E-state index contributed by atoms with van der Waals surface area (Å²) >= 11 is 0. The molecule has 1 aliphatic heterocycles. The first kappa shape index (κ1) is 22.9. The first-order valence-corrected chi connectivity index (χ1v) is 10.2. The number of hydrogen-bond acceptors (Lipinski definition) is 6. The van der Waals surface area contributed by atoms with Crippen molar-refractivity contribution in [3.05, 3.63) is 29.3 Å². The quantitative estimate of drug-likeness (QED) is 0.285. The van der Waals surface area contributed by atoms with E-state index in [0.717, 1.165) is 35.2 Å². The maximum Gasteiger partial charge on any atom is 0.261 e. The number of nitrogen functional groups attached to an aromatic ring is 1. The molecule has 7 nitrogen and oxygen atoms in total. The summed E-state index contributed by atoms with van der Waals surface area (Å²) in [5.41, 5.74) is 11.4. The standard InChI is InChI=1S/C22H34N4O3/c1-6-17-13-20-18(14-19(17)23)16(2)15-22(3,4)25(20)11-7-9-21(28)26(29)24(5)10-8-12-27/h12-15,29H,6-11,23H2,1-5H3. The van der Waals surface area contributed by atoms with Crippen LogP contribution in [0.5, 0.6) is 0 Å². The number of anilines is 2. The second-order valence-electron chi connectivity index (χ2n) is 8.18. The Labute approximate surface area is 173 Å². The molecule has 0 spiro atoms. The first-order valence-electron chi connectivity index (χ1n) is 10.2. The lowest BCUT2D eigenvalue weighted by atomic mass is 9.87. The number of benzene rings is 1. The average molecular weight is 403 g/mol. The molecule has 1 amide bonds. The number of hydrazine groups is 1. The molecule has 2 rings (SSSR count). The number of carbonyl (C=O) groups is 2. The summed E-state index contributed by atoms with van der Waals surface area (Å²) in [6.07, 6.45) is 4.92. The minimum absolute atomic E-state index is 0.194. The van der Waals surface area contributed by atoms with Crippen molar-refractivity contribution >= 4 is 29.1 Å². The number of carbonyl (C=O) groups excluding carboxylic acids is 2. The van der Waals surface area contributed by atoms with Crippen LogP contribution in [0.1, 0.15) is 58.1 Å². The molecule has 0 bridgehead atoms. The zero-order valence-electron chi connectivity index (χ0n) is 18.2. The smallest absolute Gasteiger partial charge is 0.261 e. The highest BCUT2D eigenvalue weighted by molar-refractivity contribution is 5.84. The number of rotatable bonds is 9. The van der Waals surface area contributed by atoms with E-state index in [1.54, 1.807) is 7.05 Å². The Bertz CT molecular complexity index is 789. The van der Waals surface area contributed by atoms with Crippen LogP contribution in [-0.4, -0.2) is 53.3 Å². The molecule has 3 N–H and O–H groups in total. The van der Waals surface area contributed by atoms with E-state index in [1.165, 1.54) is 10.6 Å². The Morgan fingerprint density at radius 3 is 2.66 bits per heavy atom. The van der Waals surface area contributed by atoms with Gasteiger partial charge in [0.1, 0.15) is 6.29 Å². The zero-order valence-corrected chi connectivity index (χ0v) is 18.2. The van der Waals surface area contributed by atoms with Crippen LogP contribution in [-0.2, 0) is 16.0 Å². The average Bonchev–Trinajstić information content (AvgIpc) is 2.67. The van der Waals surface area contributed by atoms with E-state index in [4.69, 9.17) is 5.73 Å². The normalized spacial score (nSPS) is 15.1. The fourth-order valence-electron chi connectivity index (χ4n) is 3.91. The summed E-state index contributed by atoms with van der Waals surface area (Å²) in [5.74, 6) is -0.383. The van der Waals surface area contributed by atoms with Crippen LogP contribution >= 0.6 is 0 Å². The van der Waals surface area contributed by atoms with Crippen LogP contribution in [0.2, 0.25) is 0 Å². The molecule has 0 saturated carbocycles. The van der Waals surface area contributed by atoms with Gasteiger partial charge in [0.25, 0.3) is 5.91 Å². The third-order valence-corrected chi connectivity index (χ3v) is 5.51. The van der Waals surface area contributed by atoms with Crippen molar-refractivity contribution in [2.45, 2.75) is 58.9 Å². The van der Waals surface area contributed by atoms with Crippen molar-refractivity contribution in [2.75, 3.05) is 30.8 Å². The number of amides is 1. The topological polar surface area (TPSA) is 90.1 Å². The molecule has 0 saturated heterocycles. The van der Waals surface area contributed by atoms with E-state index in [1.807, 2.05) is 6.07 Å². The largest absolute Gasteiger partial charge is 0.398 e. The number of hydrogen-bond donors (Lipinski definition) is 2. The van der Waals surface area contributed by atoms with Gasteiger partial charge in [0.2, 0.25) is 0 Å². The van der Waals surface area contributed by atoms with Crippen molar-refractivity contribution in [2.24, 2.45) is 0 Å². The fraction of sp³-hybridized carbons (Fsp3) is 0.545. The summed E-state index contributed by atoms with van der Waals surface area (Å²) < 4.78 is 0. The van der Waals surface area contributed by atoms with Gasteiger partial charge in [-0.1, -0.05) is 13.0 Å². The van der Waals surface area contributed by atoms with Crippen LogP contribution < -0.4 is 10.6 Å². The molecule has 7 heteroatoms. The Morgan fingerprint density at radius 2 is 2.03 bits per heavy atom. The van der Waals surface area contributed by atoms with E-state index in [9.17, 15) is 14.8 Å². The van der Waals surface area contributed by atoms with Crippen molar-refractivity contribution in [3.8, 4) is 0 Å². The third-order valence-electron chi connectivity index (χ3n) is 5.51. The number of nitrogens with two attached hydrogens (primary N) is 1. The summed E-state index contributed by atoms with van der Waals surface area (Å²) in [5, 5.41) is 12.0. The number of nitrogens with zero attached hydrogens (tertiary/aromatic N) is 3. The Balaban J connectivity index is 2.12. The zero-order chi connectivity index (χ0) is 21.8. The summed E-state index contributed by atoms with van der Waals surface area (Å²) in [6, 6.07) is 4.21. The molecular weight excluding hydrogens is 368 g/mol. The van der Waals surface area contributed by atoms with Gasteiger partial charge in [-0.2, -0.15) is 5.01 Å². The predicted octanol–water partition coefficient (Wildman–Crippen LogP) is 3.27. The summed E-state index contributed by atoms with van der Waals surface area (Å²) in [7, 11) is 1.58. The summed E-state index contributed by atoms with van der Waals surface area (Å²) in [6.45, 7) is 9.49. The van der Waals surface area contributed by atoms with E-state index in [2.05, 4.69) is 44.7 Å². The molecule has 160 valence electrons. The number of aldehydes is 1. The van der Waals surface area contributed by atoms with Gasteiger partial charge in [0.05, 0.1) is 5.54 Å². The Hall–Kier alpha value is -2.38. The van der Waals surface area contributed by atoms with Gasteiger partial charge in [-0.05, 0) is 56.9 Å². The predicted molar refractivity (Wildman–Crippen MR) is 116 cm³/mol. The maximum atomic E-state index is 12.3. The minimum atomic E-state index is -0.383. The molecule has 1 aromatic carbocycles. The monoisotopic (exact) mass is 402 g/mol. The Morgan fingerprint density at radius 1 is 1.34 bits per heavy atom. The van der Waals surface area contributed by atoms with Gasteiger partial charge in [0, 0.05) is 49.9 Å². The highest BCUT2D eigenvalue weighted by atomic mass is 16.6. The molecule has 0 aliphatic carbocycles. The molecule has 1 heterocycles. The van der Waals surface area contributed by atoms with Crippen LogP contribution in [0.25, 0.3) is 5.57 Å². The van der Waals surface area contributed by atoms with Crippen LogP contribution in [0.15, 0.2) is 18.2 Å². The molecule has 29 heavy (non-hydrogen) atoms. The maximum absolute atomic E-state index is 12.3. The first-order chi connectivity index (χ1) is 13.6. The van der Waals surface area contributed by atoms with Gasteiger partial charge in [0.15, 0.2) is 0 Å². The van der Waals surface area contributed by atoms with Crippen molar-refractivity contribution in [3.63, 3.8) is 0 Å². The molecule has 0 atom stereocenters. The molecular formula is C22H34N4O3. The van der Waals surface area contributed by atoms with E-state index in [0.29, 0.717) is 24.7 Å². The molecule has 0 fully saturated rings. The van der Waals surface area contributed by atoms with Crippen LogP contribution in [0.4, 0.5) is 11.4 Å². The number of allylic oxidation sites excluding steroid dienone is 1. The molecule has 0 aromatic heterocycles. The fourth-order valence-corrected chi connectivity index (χ4v) is 3.91. The second kappa shape index (κ2) is 9.41. The minimum Gasteiger partial charge on any atom is -0.398 e. The third kappa shape index (κ3) is 5.16. The van der Waals surface area contributed by atoms with Crippen LogP contribution in [0.3, 0.4) is 0 Å². The van der Waals surface area contributed by atoms with Gasteiger partial charge in [-0.3, -0.25) is 10.0 Å². The molecule has 1 aromatic rings. The van der Waals surface area contributed by atoms with Crippen molar-refractivity contribution < 1.29 is 14.8 Å². The SMILES string of the molecule is CCc1cc2c(cc1N)C(C)=CC(C)(C)N2CCCC(=O)N(O)N(C)CCC=O. The van der Waals surface area contributed by atoms with Crippen LogP contribution in [0, 0.1) is 0 Å². The molecule has 1 aliphatic rings. The second-order valence-corrected chi connectivity index (χ2v) is 8.18. The number of hydroxylamine groups is 1. The van der Waals surface area contributed by atoms with Crippen molar-refractivity contribution in [1.82, 2.24) is 10.2 Å². The number of fused-ring (bicyclic) bond motifs is 1. The van der Waals surface area contributed by atoms with Gasteiger partial charge in [-0.15, -0.1) is 5.17 Å². The van der Waals surface area contributed by atoms with Crippen molar-refractivity contribution in [1.29, 1.82) is 0 Å².